The highest BCUT2D eigenvalue weighted by Gasteiger charge is 2.20. The predicted octanol–water partition coefficient (Wildman–Crippen LogP) is 2.51. The molecule has 31 heavy (non-hydrogen) atoms. The van der Waals surface area contributed by atoms with Gasteiger partial charge < -0.3 is 15.5 Å². The van der Waals surface area contributed by atoms with Crippen molar-refractivity contribution in [1.82, 2.24) is 5.32 Å². The van der Waals surface area contributed by atoms with Crippen LogP contribution in [0.5, 0.6) is 0 Å². The number of carbonyl (C=O) groups excluding carboxylic acids is 1. The molecule has 0 heterocycles. The number of sulfone groups is 1. The van der Waals surface area contributed by atoms with Gasteiger partial charge in [0.1, 0.15) is 0 Å². The Hall–Kier alpha value is -3.00. The highest BCUT2D eigenvalue weighted by atomic mass is 32.2. The zero-order valence-corrected chi connectivity index (χ0v) is 17.9. The molecule has 3 rings (SSSR count). The third-order valence-corrected chi connectivity index (χ3v) is 6.11. The molecule has 0 aliphatic rings. The van der Waals surface area contributed by atoms with Gasteiger partial charge in [0.05, 0.1) is 17.5 Å². The van der Waals surface area contributed by atoms with Gasteiger partial charge in [-0.2, -0.15) is 0 Å². The molecule has 0 saturated carbocycles. The number of aliphatic hydroxyl groups excluding tert-OH is 2. The van der Waals surface area contributed by atoms with Gasteiger partial charge in [-0.3, -0.25) is 4.79 Å². The van der Waals surface area contributed by atoms with Crippen molar-refractivity contribution in [3.63, 3.8) is 0 Å². The van der Waals surface area contributed by atoms with E-state index in [2.05, 4.69) is 5.32 Å². The van der Waals surface area contributed by atoms with E-state index in [1.807, 2.05) is 24.3 Å². The van der Waals surface area contributed by atoms with Gasteiger partial charge in [0.25, 0.3) is 5.91 Å². The van der Waals surface area contributed by atoms with E-state index in [-0.39, 0.29) is 11.5 Å². The Morgan fingerprint density at radius 2 is 1.45 bits per heavy atom. The number of hydrogen-bond acceptors (Lipinski definition) is 5. The van der Waals surface area contributed by atoms with Crippen LogP contribution < -0.4 is 5.32 Å². The molecule has 2 atom stereocenters. The topological polar surface area (TPSA) is 104 Å². The minimum absolute atomic E-state index is 0.262. The molecule has 0 saturated heterocycles. The average Bonchev–Trinajstić information content (AvgIpc) is 2.78. The van der Waals surface area contributed by atoms with E-state index in [1.165, 1.54) is 6.26 Å². The lowest BCUT2D eigenvalue weighted by atomic mass is 10.0. The number of hydrogen-bond donors (Lipinski definition) is 3. The standard InChI is InChI=1S/C24H25NO5S/c1-31(29,30)22-13-11-19(12-14-22)18-9-7-17(8-10-18)15-21(16-26)25-24(28)23(27)20-5-3-2-4-6-20/h2-14,21,23,26-27H,15-16H2,1H3,(H,25,28). The van der Waals surface area contributed by atoms with Gasteiger partial charge in [-0.1, -0.05) is 66.7 Å². The normalized spacial score (nSPS) is 13.4. The van der Waals surface area contributed by atoms with Crippen molar-refractivity contribution in [1.29, 1.82) is 0 Å². The van der Waals surface area contributed by atoms with Gasteiger partial charge in [0, 0.05) is 6.26 Å². The first-order valence-electron chi connectivity index (χ1n) is 9.81. The second kappa shape index (κ2) is 9.87. The quantitative estimate of drug-likeness (QED) is 0.500. The number of rotatable bonds is 8. The fourth-order valence-electron chi connectivity index (χ4n) is 3.24. The maximum absolute atomic E-state index is 12.3. The molecule has 2 unspecified atom stereocenters. The van der Waals surface area contributed by atoms with Crippen molar-refractivity contribution in [2.45, 2.75) is 23.5 Å². The van der Waals surface area contributed by atoms with Crippen LogP contribution in [0.3, 0.4) is 0 Å². The SMILES string of the molecule is CS(=O)(=O)c1ccc(-c2ccc(CC(CO)NC(=O)C(O)c3ccccc3)cc2)cc1. The Kier molecular flexibility index (Phi) is 7.22. The molecule has 1 amide bonds. The van der Waals surface area contributed by atoms with Crippen LogP contribution in [0.15, 0.2) is 83.8 Å². The molecule has 0 aromatic heterocycles. The summed E-state index contributed by atoms with van der Waals surface area (Å²) < 4.78 is 23.2. The molecular formula is C24H25NO5S. The summed E-state index contributed by atoms with van der Waals surface area (Å²) in [5.41, 5.74) is 3.21. The third kappa shape index (κ3) is 6.01. The molecule has 3 aromatic rings. The van der Waals surface area contributed by atoms with Crippen molar-refractivity contribution >= 4 is 15.7 Å². The van der Waals surface area contributed by atoms with Crippen LogP contribution in [0, 0.1) is 0 Å². The summed E-state index contributed by atoms with van der Waals surface area (Å²) in [7, 11) is -3.23. The van der Waals surface area contributed by atoms with E-state index in [4.69, 9.17) is 0 Å². The maximum Gasteiger partial charge on any atom is 0.253 e. The summed E-state index contributed by atoms with van der Waals surface area (Å²) >= 11 is 0. The van der Waals surface area contributed by atoms with Crippen LogP contribution in [-0.4, -0.2) is 43.4 Å². The summed E-state index contributed by atoms with van der Waals surface area (Å²) in [6, 6.07) is 22.3. The molecule has 3 N–H and O–H groups in total. The average molecular weight is 440 g/mol. The molecular weight excluding hydrogens is 414 g/mol. The third-order valence-electron chi connectivity index (χ3n) is 4.98. The molecule has 0 bridgehead atoms. The first kappa shape index (κ1) is 22.7. The summed E-state index contributed by atoms with van der Waals surface area (Å²) in [6.07, 6.45) is 0.274. The molecule has 0 fully saturated rings. The Morgan fingerprint density at radius 1 is 0.903 bits per heavy atom. The van der Waals surface area contributed by atoms with E-state index in [9.17, 15) is 23.4 Å². The lowest BCUT2D eigenvalue weighted by Crippen LogP contribution is -2.41. The van der Waals surface area contributed by atoms with Gasteiger partial charge in [-0.15, -0.1) is 0 Å². The van der Waals surface area contributed by atoms with Gasteiger partial charge >= 0.3 is 0 Å². The Balaban J connectivity index is 1.64. The molecule has 6 nitrogen and oxygen atoms in total. The molecule has 162 valence electrons. The first-order valence-corrected chi connectivity index (χ1v) is 11.7. The van der Waals surface area contributed by atoms with E-state index in [0.29, 0.717) is 12.0 Å². The molecule has 0 aliphatic heterocycles. The van der Waals surface area contributed by atoms with Crippen molar-refractivity contribution < 1.29 is 23.4 Å². The zero-order valence-electron chi connectivity index (χ0n) is 17.1. The Labute approximate surface area is 182 Å². The van der Waals surface area contributed by atoms with Gasteiger partial charge in [-0.25, -0.2) is 8.42 Å². The van der Waals surface area contributed by atoms with Crippen LogP contribution in [-0.2, 0) is 21.1 Å². The molecule has 0 aliphatic carbocycles. The van der Waals surface area contributed by atoms with Crippen molar-refractivity contribution in [3.8, 4) is 11.1 Å². The van der Waals surface area contributed by atoms with E-state index < -0.39 is 27.9 Å². The highest BCUT2D eigenvalue weighted by molar-refractivity contribution is 7.90. The fraction of sp³-hybridized carbons (Fsp3) is 0.208. The summed E-state index contributed by atoms with van der Waals surface area (Å²) in [6.45, 7) is -0.262. The Morgan fingerprint density at radius 3 is 1.97 bits per heavy atom. The second-order valence-corrected chi connectivity index (χ2v) is 9.41. The zero-order chi connectivity index (χ0) is 22.4. The second-order valence-electron chi connectivity index (χ2n) is 7.40. The van der Waals surface area contributed by atoms with Gasteiger partial charge in [0.15, 0.2) is 15.9 Å². The van der Waals surface area contributed by atoms with Crippen molar-refractivity contribution in [3.05, 3.63) is 90.0 Å². The number of aliphatic hydroxyl groups is 2. The highest BCUT2D eigenvalue weighted by Crippen LogP contribution is 2.22. The number of carbonyl (C=O) groups is 1. The largest absolute Gasteiger partial charge is 0.394 e. The predicted molar refractivity (Wildman–Crippen MR) is 119 cm³/mol. The van der Waals surface area contributed by atoms with Crippen LogP contribution in [0.2, 0.25) is 0 Å². The van der Waals surface area contributed by atoms with Crippen LogP contribution >= 0.6 is 0 Å². The van der Waals surface area contributed by atoms with Crippen LogP contribution in [0.4, 0.5) is 0 Å². The maximum atomic E-state index is 12.3. The van der Waals surface area contributed by atoms with E-state index >= 15 is 0 Å². The number of nitrogens with one attached hydrogen (secondary N) is 1. The fourth-order valence-corrected chi connectivity index (χ4v) is 3.87. The number of benzene rings is 3. The lowest BCUT2D eigenvalue weighted by Gasteiger charge is -2.19. The summed E-state index contributed by atoms with van der Waals surface area (Å²) in [4.78, 5) is 12.6. The lowest BCUT2D eigenvalue weighted by molar-refractivity contribution is -0.130. The summed E-state index contributed by atoms with van der Waals surface area (Å²) in [5.74, 6) is -0.562. The monoisotopic (exact) mass is 439 g/mol. The van der Waals surface area contributed by atoms with E-state index in [0.717, 1.165) is 16.7 Å². The van der Waals surface area contributed by atoms with Crippen molar-refractivity contribution in [2.24, 2.45) is 0 Å². The minimum atomic E-state index is -3.23. The van der Waals surface area contributed by atoms with Crippen LogP contribution in [0.1, 0.15) is 17.2 Å². The Bertz CT molecular complexity index is 1110. The first-order chi connectivity index (χ1) is 14.8. The smallest absolute Gasteiger partial charge is 0.253 e. The van der Waals surface area contributed by atoms with Crippen molar-refractivity contribution in [2.75, 3.05) is 12.9 Å². The summed E-state index contributed by atoms with van der Waals surface area (Å²) in [5, 5.41) is 22.6. The molecule has 7 heteroatoms. The van der Waals surface area contributed by atoms with Gasteiger partial charge in [-0.05, 0) is 40.8 Å². The molecule has 0 radical (unpaired) electrons. The van der Waals surface area contributed by atoms with E-state index in [1.54, 1.807) is 54.6 Å². The number of amides is 1. The van der Waals surface area contributed by atoms with Crippen LogP contribution in [0.25, 0.3) is 11.1 Å². The minimum Gasteiger partial charge on any atom is -0.394 e. The molecule has 0 spiro atoms. The molecule has 3 aromatic carbocycles. The van der Waals surface area contributed by atoms with Gasteiger partial charge in [0.2, 0.25) is 0 Å².